The van der Waals surface area contributed by atoms with Gasteiger partial charge in [-0.1, -0.05) is 0 Å². The Morgan fingerprint density at radius 2 is 2.00 bits per heavy atom. The fourth-order valence-corrected chi connectivity index (χ4v) is 2.62. The standard InChI is InChI=1S/C11H18N4O3/c12-9(16)6-15(7-1-3-13-4-2-7)8-5-10(17)14-11(8)18/h7-8,13H,1-6H2,(H2,12,16)(H,14,17,18). The first kappa shape index (κ1) is 13.0. The summed E-state index contributed by atoms with van der Waals surface area (Å²) in [5, 5.41) is 5.50. The van der Waals surface area contributed by atoms with E-state index in [1.165, 1.54) is 0 Å². The number of primary amides is 1. The lowest BCUT2D eigenvalue weighted by Crippen LogP contribution is -2.53. The zero-order valence-corrected chi connectivity index (χ0v) is 10.1. The molecular weight excluding hydrogens is 236 g/mol. The second-order valence-electron chi connectivity index (χ2n) is 4.75. The minimum atomic E-state index is -0.548. The van der Waals surface area contributed by atoms with Gasteiger partial charge < -0.3 is 11.1 Å². The van der Waals surface area contributed by atoms with Gasteiger partial charge in [0.05, 0.1) is 19.0 Å². The Bertz CT molecular complexity index is 365. The number of carbonyl (C=O) groups excluding carboxylic acids is 3. The van der Waals surface area contributed by atoms with E-state index in [4.69, 9.17) is 5.73 Å². The maximum atomic E-state index is 11.7. The summed E-state index contributed by atoms with van der Waals surface area (Å²) >= 11 is 0. The van der Waals surface area contributed by atoms with E-state index in [1.807, 2.05) is 0 Å². The summed E-state index contributed by atoms with van der Waals surface area (Å²) < 4.78 is 0. The molecule has 2 rings (SSSR count). The number of hydrogen-bond donors (Lipinski definition) is 3. The van der Waals surface area contributed by atoms with Crippen LogP contribution in [0.2, 0.25) is 0 Å². The zero-order valence-electron chi connectivity index (χ0n) is 10.1. The molecule has 0 saturated carbocycles. The van der Waals surface area contributed by atoms with E-state index in [0.29, 0.717) is 0 Å². The van der Waals surface area contributed by atoms with E-state index in [0.717, 1.165) is 25.9 Å². The molecular formula is C11H18N4O3. The first-order valence-corrected chi connectivity index (χ1v) is 6.16. The SMILES string of the molecule is NC(=O)CN(C1CCNCC1)C1CC(=O)NC1=O. The molecule has 18 heavy (non-hydrogen) atoms. The molecule has 0 aromatic rings. The summed E-state index contributed by atoms with van der Waals surface area (Å²) in [6.07, 6.45) is 1.83. The van der Waals surface area contributed by atoms with Gasteiger partial charge >= 0.3 is 0 Å². The lowest BCUT2D eigenvalue weighted by molar-refractivity contribution is -0.127. The van der Waals surface area contributed by atoms with Crippen molar-refractivity contribution < 1.29 is 14.4 Å². The van der Waals surface area contributed by atoms with Crippen LogP contribution in [0.5, 0.6) is 0 Å². The molecule has 0 radical (unpaired) electrons. The first-order valence-electron chi connectivity index (χ1n) is 6.16. The van der Waals surface area contributed by atoms with Crippen LogP contribution in [-0.4, -0.2) is 54.3 Å². The number of imide groups is 1. The molecule has 0 aromatic carbocycles. The van der Waals surface area contributed by atoms with Crippen LogP contribution in [0.1, 0.15) is 19.3 Å². The molecule has 0 spiro atoms. The van der Waals surface area contributed by atoms with Gasteiger partial charge in [0.2, 0.25) is 17.7 Å². The average molecular weight is 254 g/mol. The van der Waals surface area contributed by atoms with Crippen molar-refractivity contribution in [3.63, 3.8) is 0 Å². The number of nitrogens with two attached hydrogens (primary N) is 1. The van der Waals surface area contributed by atoms with E-state index in [1.54, 1.807) is 4.90 Å². The van der Waals surface area contributed by atoms with Crippen molar-refractivity contribution in [3.8, 4) is 0 Å². The molecule has 1 unspecified atom stereocenters. The quantitative estimate of drug-likeness (QED) is 0.500. The summed E-state index contributed by atoms with van der Waals surface area (Å²) in [6, 6.07) is -0.423. The summed E-state index contributed by atoms with van der Waals surface area (Å²) in [5.41, 5.74) is 5.23. The highest BCUT2D eigenvalue weighted by Crippen LogP contribution is 2.19. The first-order chi connectivity index (χ1) is 8.58. The molecule has 0 bridgehead atoms. The van der Waals surface area contributed by atoms with Gasteiger partial charge in [-0.2, -0.15) is 0 Å². The van der Waals surface area contributed by atoms with Crippen molar-refractivity contribution in [2.45, 2.75) is 31.3 Å². The summed E-state index contributed by atoms with van der Waals surface area (Å²) in [7, 11) is 0. The second-order valence-corrected chi connectivity index (χ2v) is 4.75. The predicted octanol–water partition coefficient (Wildman–Crippen LogP) is -2.06. The summed E-state index contributed by atoms with van der Waals surface area (Å²) in [6.45, 7) is 1.72. The van der Waals surface area contributed by atoms with Gasteiger partial charge in [-0.05, 0) is 25.9 Å². The molecule has 1 atom stereocenters. The molecule has 2 heterocycles. The molecule has 2 aliphatic heterocycles. The number of nitrogens with zero attached hydrogens (tertiary/aromatic N) is 1. The van der Waals surface area contributed by atoms with Crippen LogP contribution in [-0.2, 0) is 14.4 Å². The lowest BCUT2D eigenvalue weighted by atomic mass is 10.0. The van der Waals surface area contributed by atoms with Crippen LogP contribution >= 0.6 is 0 Å². The monoisotopic (exact) mass is 254 g/mol. The van der Waals surface area contributed by atoms with Gasteiger partial charge in [0.15, 0.2) is 0 Å². The Labute approximate surface area is 105 Å². The Morgan fingerprint density at radius 3 is 2.50 bits per heavy atom. The smallest absolute Gasteiger partial charge is 0.244 e. The largest absolute Gasteiger partial charge is 0.369 e. The third-order valence-corrected chi connectivity index (χ3v) is 3.46. The maximum absolute atomic E-state index is 11.7. The normalized spacial score (nSPS) is 25.5. The fourth-order valence-electron chi connectivity index (χ4n) is 2.62. The molecule has 2 saturated heterocycles. The van der Waals surface area contributed by atoms with E-state index in [2.05, 4.69) is 10.6 Å². The molecule has 0 aromatic heterocycles. The molecule has 2 aliphatic rings. The highest BCUT2D eigenvalue weighted by Gasteiger charge is 2.39. The average Bonchev–Trinajstić information content (AvgIpc) is 2.66. The lowest BCUT2D eigenvalue weighted by Gasteiger charge is -2.36. The van der Waals surface area contributed by atoms with E-state index in [9.17, 15) is 14.4 Å². The van der Waals surface area contributed by atoms with Crippen molar-refractivity contribution in [2.24, 2.45) is 5.73 Å². The third-order valence-electron chi connectivity index (χ3n) is 3.46. The van der Waals surface area contributed by atoms with E-state index < -0.39 is 11.9 Å². The third kappa shape index (κ3) is 2.85. The van der Waals surface area contributed by atoms with Crippen molar-refractivity contribution in [1.29, 1.82) is 0 Å². The topological polar surface area (TPSA) is 105 Å². The molecule has 4 N–H and O–H groups in total. The second kappa shape index (κ2) is 5.45. The van der Waals surface area contributed by atoms with Crippen LogP contribution < -0.4 is 16.4 Å². The van der Waals surface area contributed by atoms with Crippen LogP contribution in [0.25, 0.3) is 0 Å². The summed E-state index contributed by atoms with van der Waals surface area (Å²) in [5.74, 6) is -1.08. The van der Waals surface area contributed by atoms with Gasteiger partial charge in [0, 0.05) is 6.04 Å². The highest BCUT2D eigenvalue weighted by atomic mass is 16.2. The van der Waals surface area contributed by atoms with E-state index in [-0.39, 0.29) is 30.8 Å². The number of hydrogen-bond acceptors (Lipinski definition) is 5. The number of amides is 3. The molecule has 3 amide bonds. The Hall–Kier alpha value is -1.47. The fraction of sp³-hybridized carbons (Fsp3) is 0.727. The number of piperidine rings is 1. The minimum absolute atomic E-state index is 0.0238. The Morgan fingerprint density at radius 1 is 1.33 bits per heavy atom. The highest BCUT2D eigenvalue weighted by molar-refractivity contribution is 6.05. The summed E-state index contributed by atoms with van der Waals surface area (Å²) in [4.78, 5) is 35.9. The van der Waals surface area contributed by atoms with Crippen LogP contribution in [0.3, 0.4) is 0 Å². The number of rotatable bonds is 4. The van der Waals surface area contributed by atoms with Crippen molar-refractivity contribution >= 4 is 17.7 Å². The van der Waals surface area contributed by atoms with Gasteiger partial charge in [0.1, 0.15) is 0 Å². The maximum Gasteiger partial charge on any atom is 0.244 e. The van der Waals surface area contributed by atoms with Gasteiger partial charge in [-0.25, -0.2) is 0 Å². The Kier molecular flexibility index (Phi) is 3.93. The van der Waals surface area contributed by atoms with Gasteiger partial charge in [-0.3, -0.25) is 24.6 Å². The van der Waals surface area contributed by atoms with Crippen LogP contribution in [0.15, 0.2) is 0 Å². The number of carbonyl (C=O) groups is 3. The Balaban J connectivity index is 2.10. The minimum Gasteiger partial charge on any atom is -0.369 e. The van der Waals surface area contributed by atoms with Crippen molar-refractivity contribution in [2.75, 3.05) is 19.6 Å². The van der Waals surface area contributed by atoms with Gasteiger partial charge in [0.25, 0.3) is 0 Å². The zero-order chi connectivity index (χ0) is 13.1. The molecule has 7 nitrogen and oxygen atoms in total. The molecule has 2 fully saturated rings. The molecule has 100 valence electrons. The molecule has 7 heteroatoms. The predicted molar refractivity (Wildman–Crippen MR) is 63.3 cm³/mol. The van der Waals surface area contributed by atoms with Crippen molar-refractivity contribution in [3.05, 3.63) is 0 Å². The van der Waals surface area contributed by atoms with Gasteiger partial charge in [-0.15, -0.1) is 0 Å². The van der Waals surface area contributed by atoms with Crippen molar-refractivity contribution in [1.82, 2.24) is 15.5 Å². The molecule has 0 aliphatic carbocycles. The van der Waals surface area contributed by atoms with Crippen LogP contribution in [0.4, 0.5) is 0 Å². The van der Waals surface area contributed by atoms with E-state index >= 15 is 0 Å². The number of nitrogens with one attached hydrogen (secondary N) is 2. The van der Waals surface area contributed by atoms with Crippen LogP contribution in [0, 0.1) is 0 Å².